The number of carbonyl (C=O) groups is 1. The molecule has 2 rings (SSSR count). The maximum absolute atomic E-state index is 13.5. The van der Waals surface area contributed by atoms with E-state index >= 15 is 0 Å². The second-order valence-electron chi connectivity index (χ2n) is 6.48. The second kappa shape index (κ2) is 9.93. The summed E-state index contributed by atoms with van der Waals surface area (Å²) in [5.41, 5.74) is 2.60. The fraction of sp³-hybridized carbons (Fsp3) is 0.350. The predicted molar refractivity (Wildman–Crippen MR) is 114 cm³/mol. The highest BCUT2D eigenvalue weighted by atomic mass is 32.2. The van der Waals surface area contributed by atoms with E-state index in [9.17, 15) is 17.6 Å². The summed E-state index contributed by atoms with van der Waals surface area (Å²) in [5.74, 6) is 0.556. The number of thioether (sulfide) groups is 1. The summed E-state index contributed by atoms with van der Waals surface area (Å²) in [5, 5.41) is 2.76. The first-order valence-corrected chi connectivity index (χ1v) is 11.9. The van der Waals surface area contributed by atoms with Crippen molar-refractivity contribution in [1.29, 1.82) is 0 Å². The molecule has 0 aliphatic heterocycles. The molecular formula is C20H25FN2O3S2. The van der Waals surface area contributed by atoms with Crippen molar-refractivity contribution in [3.63, 3.8) is 0 Å². The normalized spacial score (nSPS) is 12.4. The molecule has 8 heteroatoms. The Morgan fingerprint density at radius 2 is 1.93 bits per heavy atom. The van der Waals surface area contributed by atoms with Crippen molar-refractivity contribution in [3.05, 3.63) is 65.5 Å². The molecule has 0 aliphatic carbocycles. The summed E-state index contributed by atoms with van der Waals surface area (Å²) in [6.45, 7) is 3.97. The van der Waals surface area contributed by atoms with Crippen LogP contribution in [0.5, 0.6) is 0 Å². The number of hydrogen-bond acceptors (Lipinski definition) is 4. The van der Waals surface area contributed by atoms with Gasteiger partial charge in [-0.3, -0.25) is 9.10 Å². The Balaban J connectivity index is 1.91. The number of nitrogens with zero attached hydrogens (tertiary/aromatic N) is 1. The van der Waals surface area contributed by atoms with Gasteiger partial charge in [0, 0.05) is 18.1 Å². The summed E-state index contributed by atoms with van der Waals surface area (Å²) in [6, 6.07) is 12.3. The third kappa shape index (κ3) is 6.24. The number of benzene rings is 2. The van der Waals surface area contributed by atoms with Crippen LogP contribution in [0.15, 0.2) is 48.5 Å². The maximum atomic E-state index is 13.5. The molecule has 0 bridgehead atoms. The van der Waals surface area contributed by atoms with Crippen molar-refractivity contribution in [2.75, 3.05) is 22.9 Å². The molecule has 5 nitrogen and oxygen atoms in total. The molecule has 0 saturated carbocycles. The minimum atomic E-state index is -3.75. The van der Waals surface area contributed by atoms with E-state index < -0.39 is 27.8 Å². The number of anilines is 1. The van der Waals surface area contributed by atoms with Crippen LogP contribution < -0.4 is 9.62 Å². The highest BCUT2D eigenvalue weighted by Gasteiger charge is 2.29. The van der Waals surface area contributed by atoms with Crippen LogP contribution >= 0.6 is 11.8 Å². The second-order valence-corrected chi connectivity index (χ2v) is 9.45. The van der Waals surface area contributed by atoms with Crippen LogP contribution in [0.25, 0.3) is 0 Å². The minimum Gasteiger partial charge on any atom is -0.353 e. The summed E-state index contributed by atoms with van der Waals surface area (Å²) in [6.07, 6.45) is 1.000. The van der Waals surface area contributed by atoms with E-state index in [-0.39, 0.29) is 5.69 Å². The van der Waals surface area contributed by atoms with Gasteiger partial charge in [0.25, 0.3) is 0 Å². The average Bonchev–Trinajstić information content (AvgIpc) is 2.61. The molecule has 0 fully saturated rings. The molecule has 2 aromatic carbocycles. The van der Waals surface area contributed by atoms with Crippen molar-refractivity contribution in [2.24, 2.45) is 0 Å². The van der Waals surface area contributed by atoms with E-state index in [0.717, 1.165) is 22.4 Å². The van der Waals surface area contributed by atoms with Crippen molar-refractivity contribution < 1.29 is 17.6 Å². The summed E-state index contributed by atoms with van der Waals surface area (Å²) in [7, 11) is -3.75. The molecule has 152 valence electrons. The molecule has 1 amide bonds. The lowest BCUT2D eigenvalue weighted by Gasteiger charge is -2.28. The molecule has 0 heterocycles. The van der Waals surface area contributed by atoms with Gasteiger partial charge in [-0.05, 0) is 43.2 Å². The average molecular weight is 425 g/mol. The molecule has 2 aromatic rings. The maximum Gasteiger partial charge on any atom is 0.243 e. The smallest absolute Gasteiger partial charge is 0.243 e. The van der Waals surface area contributed by atoms with Gasteiger partial charge >= 0.3 is 0 Å². The van der Waals surface area contributed by atoms with Gasteiger partial charge in [-0.2, -0.15) is 11.8 Å². The fourth-order valence-electron chi connectivity index (χ4n) is 2.77. The molecule has 0 saturated heterocycles. The zero-order valence-corrected chi connectivity index (χ0v) is 17.8. The first kappa shape index (κ1) is 22.2. The predicted octanol–water partition coefficient (Wildman–Crippen LogP) is 3.34. The fourth-order valence-corrected chi connectivity index (χ4v) is 4.87. The largest absolute Gasteiger partial charge is 0.353 e. The Morgan fingerprint density at radius 3 is 2.57 bits per heavy atom. The van der Waals surface area contributed by atoms with Gasteiger partial charge in [0.1, 0.15) is 11.9 Å². The highest BCUT2D eigenvalue weighted by molar-refractivity contribution is 7.98. The first-order valence-electron chi connectivity index (χ1n) is 8.85. The van der Waals surface area contributed by atoms with E-state index in [4.69, 9.17) is 0 Å². The van der Waals surface area contributed by atoms with Crippen molar-refractivity contribution in [3.8, 4) is 0 Å². The Labute approximate surface area is 170 Å². The van der Waals surface area contributed by atoms with Crippen LogP contribution in [0, 0.1) is 12.7 Å². The van der Waals surface area contributed by atoms with E-state index in [2.05, 4.69) is 24.4 Å². The number of rotatable bonds is 9. The molecule has 1 unspecified atom stereocenters. The molecule has 0 radical (unpaired) electrons. The number of halogens is 1. The van der Waals surface area contributed by atoms with E-state index in [1.165, 1.54) is 36.2 Å². The van der Waals surface area contributed by atoms with Gasteiger partial charge < -0.3 is 5.32 Å². The van der Waals surface area contributed by atoms with Gasteiger partial charge in [-0.25, -0.2) is 12.8 Å². The Bertz CT molecular complexity index is 919. The molecule has 1 atom stereocenters. The molecular weight excluding hydrogens is 399 g/mol. The SMILES string of the molecule is Cc1ccccc1CSCCNC(=O)C(C)N(c1cccc(F)c1)S(C)(=O)=O. The molecule has 0 aliphatic rings. The van der Waals surface area contributed by atoms with Crippen LogP contribution in [0.2, 0.25) is 0 Å². The lowest BCUT2D eigenvalue weighted by atomic mass is 10.1. The van der Waals surface area contributed by atoms with Crippen molar-refractivity contribution in [1.82, 2.24) is 5.32 Å². The van der Waals surface area contributed by atoms with Gasteiger partial charge in [-0.1, -0.05) is 30.3 Å². The standard InChI is InChI=1S/C20H25FN2O3S2/c1-15-7-4-5-8-17(15)14-27-12-11-22-20(24)16(2)23(28(3,25)26)19-10-6-9-18(21)13-19/h4-10,13,16H,11-12,14H2,1-3H3,(H,22,24). The van der Waals surface area contributed by atoms with Crippen LogP contribution in [-0.4, -0.2) is 38.9 Å². The Morgan fingerprint density at radius 1 is 1.21 bits per heavy atom. The number of amides is 1. The monoisotopic (exact) mass is 424 g/mol. The number of sulfonamides is 1. The quantitative estimate of drug-likeness (QED) is 0.627. The lowest BCUT2D eigenvalue weighted by molar-refractivity contribution is -0.121. The number of hydrogen-bond donors (Lipinski definition) is 1. The summed E-state index contributed by atoms with van der Waals surface area (Å²) in [4.78, 5) is 12.5. The van der Waals surface area contributed by atoms with Gasteiger partial charge in [0.05, 0.1) is 11.9 Å². The van der Waals surface area contributed by atoms with Gasteiger partial charge in [0.2, 0.25) is 15.9 Å². The van der Waals surface area contributed by atoms with Gasteiger partial charge in [0.15, 0.2) is 0 Å². The number of aryl methyl sites for hydroxylation is 1. The number of carbonyl (C=O) groups excluding carboxylic acids is 1. The zero-order chi connectivity index (χ0) is 20.7. The Kier molecular flexibility index (Phi) is 7.88. The van der Waals surface area contributed by atoms with Crippen molar-refractivity contribution >= 4 is 33.4 Å². The number of nitrogens with one attached hydrogen (secondary N) is 1. The molecule has 0 aromatic heterocycles. The van der Waals surface area contributed by atoms with Crippen molar-refractivity contribution in [2.45, 2.75) is 25.6 Å². The van der Waals surface area contributed by atoms with Crippen LogP contribution in [0.1, 0.15) is 18.1 Å². The summed E-state index contributed by atoms with van der Waals surface area (Å²) < 4.78 is 38.8. The summed E-state index contributed by atoms with van der Waals surface area (Å²) >= 11 is 1.69. The van der Waals surface area contributed by atoms with E-state index in [1.807, 2.05) is 12.1 Å². The third-order valence-electron chi connectivity index (χ3n) is 4.22. The molecule has 28 heavy (non-hydrogen) atoms. The van der Waals surface area contributed by atoms with E-state index in [0.29, 0.717) is 12.3 Å². The van der Waals surface area contributed by atoms with Crippen LogP contribution in [-0.2, 0) is 20.6 Å². The zero-order valence-electron chi connectivity index (χ0n) is 16.2. The van der Waals surface area contributed by atoms with E-state index in [1.54, 1.807) is 11.8 Å². The third-order valence-corrected chi connectivity index (χ3v) is 6.47. The van der Waals surface area contributed by atoms with Crippen LogP contribution in [0.4, 0.5) is 10.1 Å². The highest BCUT2D eigenvalue weighted by Crippen LogP contribution is 2.21. The molecule has 0 spiro atoms. The molecule has 1 N–H and O–H groups in total. The topological polar surface area (TPSA) is 66.5 Å². The first-order chi connectivity index (χ1) is 13.2. The lowest BCUT2D eigenvalue weighted by Crippen LogP contribution is -2.48. The van der Waals surface area contributed by atoms with Crippen LogP contribution in [0.3, 0.4) is 0 Å². The van der Waals surface area contributed by atoms with Gasteiger partial charge in [-0.15, -0.1) is 0 Å². The Hall–Kier alpha value is -2.06. The minimum absolute atomic E-state index is 0.124.